The number of aliphatic imine (C=N–C) groups is 1. The van der Waals surface area contributed by atoms with Crippen LogP contribution >= 0.6 is 0 Å². The molecule has 3 N–H and O–H groups in total. The molecule has 0 saturated heterocycles. The third-order valence-electron chi connectivity index (χ3n) is 7.74. The highest BCUT2D eigenvalue weighted by atomic mass is 16.6. The van der Waals surface area contributed by atoms with Gasteiger partial charge in [-0.25, -0.2) is 4.79 Å². The molecule has 0 aliphatic rings. The minimum Gasteiger partial charge on any atom is -0.458 e. The Morgan fingerprint density at radius 3 is 1.54 bits per heavy atom. The Morgan fingerprint density at radius 1 is 0.600 bits per heavy atom. The minimum atomic E-state index is -1.03. The summed E-state index contributed by atoms with van der Waals surface area (Å²) in [5.74, 6) is -2.12. The van der Waals surface area contributed by atoms with E-state index in [9.17, 15) is 19.2 Å². The molecule has 0 radical (unpaired) electrons. The summed E-state index contributed by atoms with van der Waals surface area (Å²) in [6.07, 6.45) is 2.37. The molecule has 0 spiro atoms. The summed E-state index contributed by atoms with van der Waals surface area (Å²) in [5.41, 5.74) is 2.66. The number of esters is 1. The third-order valence-corrected chi connectivity index (χ3v) is 7.74. The standard InChI is InChI=1S/C41H46N4O5/c1-29(37(46)45-36(40(49)50-41(2,3)4)27-32-21-13-7-14-22-32)43-39(48)35(26-31-19-11-6-12-20-31)44-38(47)34(25-30-17-9-5-10-18-30)42-28-33-23-15-8-16-24-33/h5-24,28-29,34-36H,25-27H2,1-4H3,(H,43,48)(H,44,47)(H,45,46)/t29-,34+,35-,36-/m0/s1. The lowest BCUT2D eigenvalue weighted by Crippen LogP contribution is -2.56. The number of hydrogen-bond donors (Lipinski definition) is 3. The molecular weight excluding hydrogens is 628 g/mol. The van der Waals surface area contributed by atoms with Gasteiger partial charge in [0.2, 0.25) is 17.7 Å². The van der Waals surface area contributed by atoms with Gasteiger partial charge in [0, 0.05) is 25.5 Å². The van der Waals surface area contributed by atoms with Crippen LogP contribution in [0.5, 0.6) is 0 Å². The van der Waals surface area contributed by atoms with Gasteiger partial charge in [0.15, 0.2) is 0 Å². The Balaban J connectivity index is 1.51. The van der Waals surface area contributed by atoms with E-state index < -0.39 is 53.5 Å². The van der Waals surface area contributed by atoms with Crippen molar-refractivity contribution in [3.8, 4) is 0 Å². The Bertz CT molecular complexity index is 1710. The molecule has 4 aromatic rings. The fourth-order valence-electron chi connectivity index (χ4n) is 5.18. The fraction of sp³-hybridized carbons (Fsp3) is 0.293. The van der Waals surface area contributed by atoms with Crippen molar-refractivity contribution in [1.82, 2.24) is 16.0 Å². The van der Waals surface area contributed by atoms with Crippen molar-refractivity contribution in [2.75, 3.05) is 0 Å². The smallest absolute Gasteiger partial charge is 0.329 e. The van der Waals surface area contributed by atoms with Gasteiger partial charge in [-0.1, -0.05) is 121 Å². The second-order valence-corrected chi connectivity index (χ2v) is 13.2. The molecule has 3 amide bonds. The van der Waals surface area contributed by atoms with Gasteiger partial charge in [-0.15, -0.1) is 0 Å². The first kappa shape index (κ1) is 37.3. The highest BCUT2D eigenvalue weighted by Crippen LogP contribution is 2.13. The quantitative estimate of drug-likeness (QED) is 0.121. The summed E-state index contributed by atoms with van der Waals surface area (Å²) in [6.45, 7) is 6.81. The third kappa shape index (κ3) is 12.5. The number of nitrogens with zero attached hydrogens (tertiary/aromatic N) is 1. The number of rotatable bonds is 15. The number of benzene rings is 4. The lowest BCUT2D eigenvalue weighted by molar-refractivity contribution is -0.158. The van der Waals surface area contributed by atoms with Gasteiger partial charge < -0.3 is 20.7 Å². The molecular formula is C41H46N4O5. The highest BCUT2D eigenvalue weighted by Gasteiger charge is 2.31. The molecule has 0 saturated carbocycles. The summed E-state index contributed by atoms with van der Waals surface area (Å²) < 4.78 is 5.60. The predicted molar refractivity (Wildman–Crippen MR) is 196 cm³/mol. The van der Waals surface area contributed by atoms with Gasteiger partial charge in [-0.05, 0) is 49.9 Å². The van der Waals surface area contributed by atoms with Crippen molar-refractivity contribution < 1.29 is 23.9 Å². The van der Waals surface area contributed by atoms with Crippen molar-refractivity contribution in [3.05, 3.63) is 144 Å². The van der Waals surface area contributed by atoms with Gasteiger partial charge in [0.1, 0.15) is 29.8 Å². The first-order valence-corrected chi connectivity index (χ1v) is 16.8. The molecule has 50 heavy (non-hydrogen) atoms. The molecule has 0 fully saturated rings. The topological polar surface area (TPSA) is 126 Å². The van der Waals surface area contributed by atoms with Crippen molar-refractivity contribution in [2.45, 2.75) is 76.7 Å². The van der Waals surface area contributed by atoms with Gasteiger partial charge >= 0.3 is 5.97 Å². The normalized spacial score (nSPS) is 13.8. The van der Waals surface area contributed by atoms with Crippen LogP contribution in [-0.2, 0) is 43.2 Å². The number of carbonyl (C=O) groups excluding carboxylic acids is 4. The van der Waals surface area contributed by atoms with E-state index in [1.54, 1.807) is 27.0 Å². The van der Waals surface area contributed by atoms with Crippen molar-refractivity contribution in [2.24, 2.45) is 4.99 Å². The van der Waals surface area contributed by atoms with Gasteiger partial charge in [0.05, 0.1) is 0 Å². The maximum absolute atomic E-state index is 13.9. The monoisotopic (exact) mass is 674 g/mol. The fourth-order valence-corrected chi connectivity index (χ4v) is 5.18. The largest absolute Gasteiger partial charge is 0.458 e. The molecule has 9 nitrogen and oxygen atoms in total. The highest BCUT2D eigenvalue weighted by molar-refractivity contribution is 5.95. The molecule has 4 rings (SSSR count). The van der Waals surface area contributed by atoms with E-state index in [-0.39, 0.29) is 12.8 Å². The molecule has 0 unspecified atom stereocenters. The molecule has 0 aliphatic carbocycles. The van der Waals surface area contributed by atoms with E-state index in [0.717, 1.165) is 22.3 Å². The van der Waals surface area contributed by atoms with Crippen LogP contribution in [0.25, 0.3) is 0 Å². The average molecular weight is 675 g/mol. The molecule has 0 bridgehead atoms. The van der Waals surface area contributed by atoms with E-state index in [1.807, 2.05) is 121 Å². The lowest BCUT2D eigenvalue weighted by atomic mass is 10.0. The average Bonchev–Trinajstić information content (AvgIpc) is 3.10. The van der Waals surface area contributed by atoms with E-state index in [2.05, 4.69) is 20.9 Å². The zero-order valence-electron chi connectivity index (χ0n) is 29.0. The Morgan fingerprint density at radius 2 is 1.04 bits per heavy atom. The first-order valence-electron chi connectivity index (χ1n) is 16.8. The number of nitrogens with one attached hydrogen (secondary N) is 3. The maximum atomic E-state index is 13.9. The van der Waals surface area contributed by atoms with Gasteiger partial charge in [-0.2, -0.15) is 0 Å². The van der Waals surface area contributed by atoms with E-state index in [0.29, 0.717) is 6.42 Å². The van der Waals surface area contributed by atoms with Crippen LogP contribution in [0.2, 0.25) is 0 Å². The second kappa shape index (κ2) is 18.3. The van der Waals surface area contributed by atoms with Gasteiger partial charge in [-0.3, -0.25) is 19.4 Å². The van der Waals surface area contributed by atoms with Crippen molar-refractivity contribution >= 4 is 29.9 Å². The van der Waals surface area contributed by atoms with Crippen LogP contribution in [0.1, 0.15) is 49.9 Å². The van der Waals surface area contributed by atoms with Crippen LogP contribution in [-0.4, -0.2) is 59.7 Å². The van der Waals surface area contributed by atoms with Crippen LogP contribution < -0.4 is 16.0 Å². The van der Waals surface area contributed by atoms with Crippen molar-refractivity contribution in [3.63, 3.8) is 0 Å². The zero-order chi connectivity index (χ0) is 35.9. The van der Waals surface area contributed by atoms with Crippen LogP contribution in [0.4, 0.5) is 0 Å². The van der Waals surface area contributed by atoms with E-state index in [4.69, 9.17) is 4.74 Å². The summed E-state index contributed by atoms with van der Waals surface area (Å²) in [6, 6.07) is 33.8. The second-order valence-electron chi connectivity index (χ2n) is 13.2. The number of ether oxygens (including phenoxy) is 1. The van der Waals surface area contributed by atoms with E-state index >= 15 is 0 Å². The Labute approximate surface area is 294 Å². The zero-order valence-corrected chi connectivity index (χ0v) is 29.0. The Hall–Kier alpha value is -5.57. The molecule has 4 atom stereocenters. The number of hydrogen-bond acceptors (Lipinski definition) is 6. The van der Waals surface area contributed by atoms with Crippen LogP contribution in [0, 0.1) is 0 Å². The SMILES string of the molecule is C[C@H](NC(=O)[C@H](Cc1ccccc1)NC(=O)[C@@H](Cc1ccccc1)N=Cc1ccccc1)C(=O)N[C@@H](Cc1ccccc1)C(=O)OC(C)(C)C. The summed E-state index contributed by atoms with van der Waals surface area (Å²) >= 11 is 0. The maximum Gasteiger partial charge on any atom is 0.329 e. The summed E-state index contributed by atoms with van der Waals surface area (Å²) in [5, 5.41) is 8.43. The molecule has 0 aliphatic heterocycles. The number of amides is 3. The molecule has 0 aromatic heterocycles. The summed E-state index contributed by atoms with van der Waals surface area (Å²) in [4.78, 5) is 58.9. The van der Waals surface area contributed by atoms with E-state index in [1.165, 1.54) is 6.92 Å². The van der Waals surface area contributed by atoms with Gasteiger partial charge in [0.25, 0.3) is 0 Å². The van der Waals surface area contributed by atoms with Crippen LogP contribution in [0.3, 0.4) is 0 Å². The molecule has 9 heteroatoms. The van der Waals surface area contributed by atoms with Crippen molar-refractivity contribution in [1.29, 1.82) is 0 Å². The molecule has 4 aromatic carbocycles. The first-order chi connectivity index (χ1) is 24.0. The number of carbonyl (C=O) groups is 4. The molecule has 0 heterocycles. The minimum absolute atomic E-state index is 0.182. The summed E-state index contributed by atoms with van der Waals surface area (Å²) in [7, 11) is 0. The molecule has 260 valence electrons. The lowest BCUT2D eigenvalue weighted by Gasteiger charge is -2.26. The Kier molecular flexibility index (Phi) is 13.6. The van der Waals surface area contributed by atoms with Crippen LogP contribution in [0.15, 0.2) is 126 Å². The predicted octanol–water partition coefficient (Wildman–Crippen LogP) is 5.02.